The van der Waals surface area contributed by atoms with Gasteiger partial charge in [-0.05, 0) is 55.5 Å². The summed E-state index contributed by atoms with van der Waals surface area (Å²) in [5.41, 5.74) is 3.37. The standard InChI is InChI=1S/C14H17NO/c1-11-12(7-10-16)3-2-4-14(11)13-5-8-15-9-6-13/h2-4,13,15H,1,5-9H2. The average Bonchev–Trinajstić information content (AvgIpc) is 2.33. The molecule has 84 valence electrons. The normalized spacial score (nSPS) is 17.3. The highest BCUT2D eigenvalue weighted by Crippen LogP contribution is 2.29. The molecule has 1 aromatic carbocycles. The molecular weight excluding hydrogens is 198 g/mol. The smallest absolute Gasteiger partial charge is 0.203 e. The first-order valence-corrected chi connectivity index (χ1v) is 5.82. The molecule has 1 fully saturated rings. The van der Waals surface area contributed by atoms with Crippen LogP contribution < -0.4 is 5.32 Å². The van der Waals surface area contributed by atoms with Crippen molar-refractivity contribution >= 4 is 6.29 Å². The number of benzene rings is 1. The lowest BCUT2D eigenvalue weighted by atomic mass is 9.85. The number of carbonyl (C=O) groups excluding carboxylic acids is 1. The molecule has 2 rings (SSSR count). The number of rotatable bonds is 3. The minimum atomic E-state index is 0.359. The SMILES string of the molecule is [CH2]c1c(C[C]=O)cccc1C1CCNCC1. The number of hydrogen-bond donors (Lipinski definition) is 1. The van der Waals surface area contributed by atoms with Gasteiger partial charge in [0.25, 0.3) is 0 Å². The van der Waals surface area contributed by atoms with Gasteiger partial charge < -0.3 is 5.32 Å². The third kappa shape index (κ3) is 2.33. The fourth-order valence-corrected chi connectivity index (χ4v) is 2.41. The molecule has 1 heterocycles. The first kappa shape index (κ1) is 11.3. The highest BCUT2D eigenvalue weighted by atomic mass is 16.1. The minimum Gasteiger partial charge on any atom is -0.317 e. The van der Waals surface area contributed by atoms with Crippen molar-refractivity contribution in [2.24, 2.45) is 0 Å². The highest BCUT2D eigenvalue weighted by molar-refractivity contribution is 5.58. The Morgan fingerprint density at radius 2 is 2.12 bits per heavy atom. The van der Waals surface area contributed by atoms with E-state index in [1.165, 1.54) is 5.56 Å². The van der Waals surface area contributed by atoms with Crippen LogP contribution in [0.5, 0.6) is 0 Å². The van der Waals surface area contributed by atoms with Gasteiger partial charge in [-0.2, -0.15) is 0 Å². The van der Waals surface area contributed by atoms with E-state index in [4.69, 9.17) is 0 Å². The summed E-state index contributed by atoms with van der Waals surface area (Å²) in [6, 6.07) is 6.14. The molecule has 2 nitrogen and oxygen atoms in total. The predicted octanol–water partition coefficient (Wildman–Crippen LogP) is 1.99. The molecule has 1 aliphatic heterocycles. The number of nitrogens with one attached hydrogen (secondary N) is 1. The van der Waals surface area contributed by atoms with Crippen LogP contribution >= 0.6 is 0 Å². The summed E-state index contributed by atoms with van der Waals surface area (Å²) in [6.07, 6.45) is 4.64. The van der Waals surface area contributed by atoms with Gasteiger partial charge in [-0.1, -0.05) is 18.2 Å². The highest BCUT2D eigenvalue weighted by Gasteiger charge is 2.17. The quantitative estimate of drug-likeness (QED) is 0.835. The monoisotopic (exact) mass is 215 g/mol. The topological polar surface area (TPSA) is 29.1 Å². The van der Waals surface area contributed by atoms with Gasteiger partial charge in [-0.15, -0.1) is 0 Å². The Hall–Kier alpha value is -1.15. The molecule has 2 heteroatoms. The van der Waals surface area contributed by atoms with Crippen LogP contribution in [0.4, 0.5) is 0 Å². The van der Waals surface area contributed by atoms with Gasteiger partial charge in [-0.25, -0.2) is 0 Å². The zero-order valence-electron chi connectivity index (χ0n) is 9.46. The Morgan fingerprint density at radius 1 is 1.38 bits per heavy atom. The second kappa shape index (κ2) is 5.26. The van der Waals surface area contributed by atoms with Gasteiger partial charge >= 0.3 is 0 Å². The van der Waals surface area contributed by atoms with Crippen LogP contribution in [0.3, 0.4) is 0 Å². The molecule has 0 saturated carbocycles. The Kier molecular flexibility index (Phi) is 3.73. The maximum absolute atomic E-state index is 10.5. The fourth-order valence-electron chi connectivity index (χ4n) is 2.41. The Bertz CT molecular complexity index is 367. The van der Waals surface area contributed by atoms with Crippen LogP contribution in [0.1, 0.15) is 35.4 Å². The summed E-state index contributed by atoms with van der Waals surface area (Å²) in [5.74, 6) is 0.598. The van der Waals surface area contributed by atoms with Crippen molar-refractivity contribution in [1.82, 2.24) is 5.32 Å². The summed E-state index contributed by atoms with van der Waals surface area (Å²) in [5, 5.41) is 3.36. The molecule has 1 N–H and O–H groups in total. The van der Waals surface area contributed by atoms with Crippen molar-refractivity contribution < 1.29 is 4.79 Å². The van der Waals surface area contributed by atoms with Crippen molar-refractivity contribution in [3.8, 4) is 0 Å². The second-order valence-corrected chi connectivity index (χ2v) is 4.33. The molecule has 0 spiro atoms. The maximum atomic E-state index is 10.5. The molecule has 0 aliphatic carbocycles. The van der Waals surface area contributed by atoms with Crippen LogP contribution in [0, 0.1) is 6.92 Å². The molecule has 1 saturated heterocycles. The van der Waals surface area contributed by atoms with Gasteiger partial charge in [0.05, 0.1) is 0 Å². The molecule has 1 aliphatic rings. The largest absolute Gasteiger partial charge is 0.317 e. The molecule has 0 atom stereocenters. The zero-order valence-corrected chi connectivity index (χ0v) is 9.46. The summed E-state index contributed by atoms with van der Waals surface area (Å²) < 4.78 is 0. The first-order valence-electron chi connectivity index (χ1n) is 5.82. The molecule has 16 heavy (non-hydrogen) atoms. The van der Waals surface area contributed by atoms with Crippen molar-refractivity contribution in [2.75, 3.05) is 13.1 Å². The Labute approximate surface area is 97.1 Å². The van der Waals surface area contributed by atoms with Crippen LogP contribution in [0.15, 0.2) is 18.2 Å². The molecule has 0 unspecified atom stereocenters. The molecule has 2 radical (unpaired) electrons. The van der Waals surface area contributed by atoms with Gasteiger partial charge in [-0.3, -0.25) is 4.79 Å². The van der Waals surface area contributed by atoms with Crippen molar-refractivity contribution in [2.45, 2.75) is 25.2 Å². The van der Waals surface area contributed by atoms with E-state index >= 15 is 0 Å². The van der Waals surface area contributed by atoms with Crippen LogP contribution in [0.25, 0.3) is 0 Å². The fraction of sp³-hybridized carbons (Fsp3) is 0.429. The van der Waals surface area contributed by atoms with Gasteiger partial charge in [0, 0.05) is 6.42 Å². The first-order chi connectivity index (χ1) is 7.83. The third-order valence-electron chi connectivity index (χ3n) is 3.35. The van der Waals surface area contributed by atoms with Gasteiger partial charge in [0.15, 0.2) is 0 Å². The number of piperidine rings is 1. The van der Waals surface area contributed by atoms with E-state index < -0.39 is 0 Å². The van der Waals surface area contributed by atoms with E-state index in [0.29, 0.717) is 12.3 Å². The molecule has 0 bridgehead atoms. The van der Waals surface area contributed by atoms with Crippen molar-refractivity contribution in [3.63, 3.8) is 0 Å². The third-order valence-corrected chi connectivity index (χ3v) is 3.35. The van der Waals surface area contributed by atoms with Gasteiger partial charge in [0.2, 0.25) is 6.29 Å². The summed E-state index contributed by atoms with van der Waals surface area (Å²) >= 11 is 0. The zero-order chi connectivity index (χ0) is 11.4. The lowest BCUT2D eigenvalue weighted by Gasteiger charge is -2.25. The minimum absolute atomic E-state index is 0.359. The van der Waals surface area contributed by atoms with Crippen molar-refractivity contribution in [3.05, 3.63) is 41.8 Å². The Morgan fingerprint density at radius 3 is 2.81 bits per heavy atom. The summed E-state index contributed by atoms with van der Waals surface area (Å²) in [6.45, 7) is 6.27. The Balaban J connectivity index is 2.25. The second-order valence-electron chi connectivity index (χ2n) is 4.33. The van der Waals surface area contributed by atoms with Crippen LogP contribution in [-0.4, -0.2) is 19.4 Å². The molecule has 0 amide bonds. The summed E-state index contributed by atoms with van der Waals surface area (Å²) in [4.78, 5) is 10.5. The maximum Gasteiger partial charge on any atom is 0.203 e. The molecular formula is C14H17NO. The number of hydrogen-bond acceptors (Lipinski definition) is 2. The van der Waals surface area contributed by atoms with Gasteiger partial charge in [0.1, 0.15) is 0 Å². The summed E-state index contributed by atoms with van der Waals surface area (Å²) in [7, 11) is 0. The lowest BCUT2D eigenvalue weighted by molar-refractivity contribution is 0.459. The van der Waals surface area contributed by atoms with Crippen LogP contribution in [-0.2, 0) is 11.2 Å². The van der Waals surface area contributed by atoms with E-state index in [-0.39, 0.29) is 0 Å². The molecule has 1 aromatic rings. The van der Waals surface area contributed by atoms with E-state index in [1.807, 2.05) is 18.4 Å². The van der Waals surface area contributed by atoms with Crippen LogP contribution in [0.2, 0.25) is 0 Å². The van der Waals surface area contributed by atoms with E-state index in [0.717, 1.165) is 37.1 Å². The predicted molar refractivity (Wildman–Crippen MR) is 65.1 cm³/mol. The van der Waals surface area contributed by atoms with Crippen molar-refractivity contribution in [1.29, 1.82) is 0 Å². The average molecular weight is 215 g/mol. The van der Waals surface area contributed by atoms with E-state index in [2.05, 4.69) is 18.3 Å². The van der Waals surface area contributed by atoms with E-state index in [9.17, 15) is 4.79 Å². The lowest BCUT2D eigenvalue weighted by Crippen LogP contribution is -2.27. The van der Waals surface area contributed by atoms with E-state index in [1.54, 1.807) is 0 Å². The molecule has 0 aromatic heterocycles.